The van der Waals surface area contributed by atoms with Crippen molar-refractivity contribution in [3.8, 4) is 0 Å². The number of carbonyl (C=O) groups excluding carboxylic acids is 2. The highest BCUT2D eigenvalue weighted by Crippen LogP contribution is 2.34. The third-order valence-corrected chi connectivity index (χ3v) is 5.62. The third kappa shape index (κ3) is 3.23. The summed E-state index contributed by atoms with van der Waals surface area (Å²) in [6.45, 7) is 1.52. The zero-order valence-corrected chi connectivity index (χ0v) is 15.0. The SMILES string of the molecule is Cn1ccnc1CC1CCN(C(=O)C2CC(=O)Nc3ccccc32)CC1. The van der Waals surface area contributed by atoms with Crippen LogP contribution in [-0.4, -0.2) is 39.4 Å². The number of nitrogens with one attached hydrogen (secondary N) is 1. The summed E-state index contributed by atoms with van der Waals surface area (Å²) in [4.78, 5) is 31.4. The Kier molecular flexibility index (Phi) is 4.49. The lowest BCUT2D eigenvalue weighted by Gasteiger charge is -2.35. The summed E-state index contributed by atoms with van der Waals surface area (Å²) in [5.74, 6) is 1.32. The number of imidazole rings is 1. The van der Waals surface area contributed by atoms with Crippen LogP contribution in [0.2, 0.25) is 0 Å². The van der Waals surface area contributed by atoms with Crippen molar-refractivity contribution in [2.45, 2.75) is 31.6 Å². The summed E-state index contributed by atoms with van der Waals surface area (Å²) >= 11 is 0. The fourth-order valence-corrected chi connectivity index (χ4v) is 4.06. The van der Waals surface area contributed by atoms with Gasteiger partial charge in [0.15, 0.2) is 0 Å². The number of aromatic nitrogens is 2. The Balaban J connectivity index is 1.41. The van der Waals surface area contributed by atoms with Crippen molar-refractivity contribution in [1.29, 1.82) is 0 Å². The molecule has 1 atom stereocenters. The van der Waals surface area contributed by atoms with Gasteiger partial charge in [0, 0.05) is 51.1 Å². The van der Waals surface area contributed by atoms with Gasteiger partial charge in [0.25, 0.3) is 0 Å². The number of para-hydroxylation sites is 1. The van der Waals surface area contributed by atoms with Crippen LogP contribution in [0.4, 0.5) is 5.69 Å². The Morgan fingerprint density at radius 2 is 2.04 bits per heavy atom. The standard InChI is InChI=1S/C20H24N4O2/c1-23-11-8-21-18(23)12-14-6-9-24(10-7-14)20(26)16-13-19(25)22-17-5-3-2-4-15(16)17/h2-5,8,11,14,16H,6-7,9-10,12-13H2,1H3,(H,22,25). The number of piperidine rings is 1. The van der Waals surface area contributed by atoms with E-state index >= 15 is 0 Å². The maximum atomic E-state index is 13.1. The lowest BCUT2D eigenvalue weighted by atomic mass is 9.87. The molecule has 136 valence electrons. The highest BCUT2D eigenvalue weighted by Gasteiger charge is 2.34. The fourth-order valence-electron chi connectivity index (χ4n) is 4.06. The molecule has 1 aromatic heterocycles. The number of rotatable bonds is 3. The van der Waals surface area contributed by atoms with Crippen molar-refractivity contribution < 1.29 is 9.59 Å². The van der Waals surface area contributed by atoms with Gasteiger partial charge in [0.2, 0.25) is 11.8 Å². The lowest BCUT2D eigenvalue weighted by Crippen LogP contribution is -2.43. The second kappa shape index (κ2) is 6.94. The molecule has 2 aromatic rings. The van der Waals surface area contributed by atoms with Gasteiger partial charge in [-0.1, -0.05) is 18.2 Å². The summed E-state index contributed by atoms with van der Waals surface area (Å²) in [5.41, 5.74) is 1.71. The molecule has 1 fully saturated rings. The van der Waals surface area contributed by atoms with Crippen LogP contribution in [0.1, 0.15) is 36.6 Å². The number of likely N-dealkylation sites (tertiary alicyclic amines) is 1. The first-order valence-electron chi connectivity index (χ1n) is 9.25. The Morgan fingerprint density at radius 3 is 2.77 bits per heavy atom. The molecule has 1 N–H and O–H groups in total. The van der Waals surface area contributed by atoms with Crippen molar-refractivity contribution in [3.63, 3.8) is 0 Å². The average molecular weight is 352 g/mol. The molecule has 1 aromatic carbocycles. The third-order valence-electron chi connectivity index (χ3n) is 5.62. The minimum atomic E-state index is -0.356. The molecule has 26 heavy (non-hydrogen) atoms. The van der Waals surface area contributed by atoms with E-state index in [4.69, 9.17) is 0 Å². The van der Waals surface area contributed by atoms with E-state index in [1.807, 2.05) is 48.6 Å². The van der Waals surface area contributed by atoms with Crippen molar-refractivity contribution >= 4 is 17.5 Å². The summed E-state index contributed by atoms with van der Waals surface area (Å²) in [6, 6.07) is 7.63. The topological polar surface area (TPSA) is 67.2 Å². The number of aryl methyl sites for hydroxylation is 1. The molecule has 4 rings (SSSR count). The van der Waals surface area contributed by atoms with Crippen LogP contribution in [0.25, 0.3) is 0 Å². The molecule has 0 bridgehead atoms. The largest absolute Gasteiger partial charge is 0.342 e. The Hall–Kier alpha value is -2.63. The minimum absolute atomic E-state index is 0.0771. The van der Waals surface area contributed by atoms with Crippen LogP contribution in [0.3, 0.4) is 0 Å². The molecule has 2 aliphatic heterocycles. The van der Waals surface area contributed by atoms with E-state index in [1.54, 1.807) is 0 Å². The first kappa shape index (κ1) is 16.8. The highest BCUT2D eigenvalue weighted by atomic mass is 16.2. The van der Waals surface area contributed by atoms with Crippen LogP contribution >= 0.6 is 0 Å². The number of nitrogens with zero attached hydrogens (tertiary/aromatic N) is 3. The van der Waals surface area contributed by atoms with Crippen LogP contribution in [0.5, 0.6) is 0 Å². The normalized spacial score (nSPS) is 20.6. The second-order valence-corrected chi connectivity index (χ2v) is 7.32. The van der Waals surface area contributed by atoms with E-state index in [1.165, 1.54) is 0 Å². The predicted molar refractivity (Wildman–Crippen MR) is 98.6 cm³/mol. The number of benzene rings is 1. The minimum Gasteiger partial charge on any atom is -0.342 e. The van der Waals surface area contributed by atoms with Gasteiger partial charge in [0.1, 0.15) is 5.82 Å². The first-order chi connectivity index (χ1) is 12.6. The van der Waals surface area contributed by atoms with Gasteiger partial charge in [-0.15, -0.1) is 0 Å². The first-order valence-corrected chi connectivity index (χ1v) is 9.25. The number of hydrogen-bond acceptors (Lipinski definition) is 3. The van der Waals surface area contributed by atoms with Crippen LogP contribution in [0, 0.1) is 5.92 Å². The fraction of sp³-hybridized carbons (Fsp3) is 0.450. The van der Waals surface area contributed by atoms with E-state index in [0.717, 1.165) is 49.4 Å². The van der Waals surface area contributed by atoms with Crippen LogP contribution in [0.15, 0.2) is 36.7 Å². The van der Waals surface area contributed by atoms with Crippen molar-refractivity contribution in [3.05, 3.63) is 48.0 Å². The van der Waals surface area contributed by atoms with Gasteiger partial charge in [-0.3, -0.25) is 9.59 Å². The summed E-state index contributed by atoms with van der Waals surface area (Å²) in [7, 11) is 2.02. The van der Waals surface area contributed by atoms with Gasteiger partial charge in [0.05, 0.1) is 5.92 Å². The van der Waals surface area contributed by atoms with Gasteiger partial charge < -0.3 is 14.8 Å². The maximum absolute atomic E-state index is 13.1. The molecular weight excluding hydrogens is 328 g/mol. The second-order valence-electron chi connectivity index (χ2n) is 7.32. The molecule has 0 radical (unpaired) electrons. The Morgan fingerprint density at radius 1 is 1.27 bits per heavy atom. The van der Waals surface area contributed by atoms with Gasteiger partial charge >= 0.3 is 0 Å². The van der Waals surface area contributed by atoms with Crippen molar-refractivity contribution in [2.24, 2.45) is 13.0 Å². The van der Waals surface area contributed by atoms with E-state index in [-0.39, 0.29) is 24.2 Å². The lowest BCUT2D eigenvalue weighted by molar-refractivity contribution is -0.136. The molecule has 6 nitrogen and oxygen atoms in total. The van der Waals surface area contributed by atoms with Gasteiger partial charge in [-0.25, -0.2) is 4.98 Å². The monoisotopic (exact) mass is 352 g/mol. The molecule has 3 heterocycles. The Labute approximate surface area is 153 Å². The molecule has 0 aliphatic carbocycles. The zero-order valence-electron chi connectivity index (χ0n) is 15.0. The van der Waals surface area contributed by atoms with Gasteiger partial charge in [-0.05, 0) is 30.4 Å². The number of carbonyl (C=O) groups is 2. The molecule has 2 amide bonds. The van der Waals surface area contributed by atoms with Crippen LogP contribution in [-0.2, 0) is 23.1 Å². The molecule has 1 saturated heterocycles. The van der Waals surface area contributed by atoms with E-state index in [9.17, 15) is 9.59 Å². The summed E-state index contributed by atoms with van der Waals surface area (Å²) in [5, 5.41) is 2.87. The molecule has 0 spiro atoms. The zero-order chi connectivity index (χ0) is 18.1. The number of amides is 2. The number of anilines is 1. The van der Waals surface area contributed by atoms with Crippen molar-refractivity contribution in [1.82, 2.24) is 14.5 Å². The smallest absolute Gasteiger partial charge is 0.230 e. The number of hydrogen-bond donors (Lipinski definition) is 1. The highest BCUT2D eigenvalue weighted by molar-refractivity contribution is 6.01. The van der Waals surface area contributed by atoms with E-state index in [0.29, 0.717) is 5.92 Å². The van der Waals surface area contributed by atoms with E-state index < -0.39 is 0 Å². The summed E-state index contributed by atoms with van der Waals surface area (Å²) in [6.07, 6.45) is 6.97. The molecule has 1 unspecified atom stereocenters. The molecule has 2 aliphatic rings. The quantitative estimate of drug-likeness (QED) is 0.922. The summed E-state index contributed by atoms with van der Waals surface area (Å²) < 4.78 is 2.06. The van der Waals surface area contributed by atoms with Crippen LogP contribution < -0.4 is 5.32 Å². The predicted octanol–water partition coefficient (Wildman–Crippen LogP) is 2.33. The Bertz CT molecular complexity index is 821. The maximum Gasteiger partial charge on any atom is 0.230 e. The van der Waals surface area contributed by atoms with Gasteiger partial charge in [-0.2, -0.15) is 0 Å². The average Bonchev–Trinajstić information content (AvgIpc) is 3.05. The number of fused-ring (bicyclic) bond motifs is 1. The molecule has 6 heteroatoms. The molecule has 0 saturated carbocycles. The van der Waals surface area contributed by atoms with Crippen molar-refractivity contribution in [2.75, 3.05) is 18.4 Å². The molecular formula is C20H24N4O2. The van der Waals surface area contributed by atoms with E-state index in [2.05, 4.69) is 14.9 Å².